The van der Waals surface area contributed by atoms with E-state index in [4.69, 9.17) is 19.6 Å². The lowest BCUT2D eigenvalue weighted by molar-refractivity contribution is -0.0279. The van der Waals surface area contributed by atoms with Crippen molar-refractivity contribution < 1.29 is 38.9 Å². The Morgan fingerprint density at radius 3 is 2.19 bits per heavy atom. The second-order valence-electron chi connectivity index (χ2n) is 3.49. The van der Waals surface area contributed by atoms with Crippen LogP contribution in [0, 0.1) is 0 Å². The molecule has 1 rings (SSSR count). The topological polar surface area (TPSA) is 137 Å². The van der Waals surface area contributed by atoms with Crippen molar-refractivity contribution in [2.75, 3.05) is 13.2 Å². The summed E-state index contributed by atoms with van der Waals surface area (Å²) in [5.41, 5.74) is 0. The van der Waals surface area contributed by atoms with E-state index in [1.54, 1.807) is 0 Å². The van der Waals surface area contributed by atoms with Crippen molar-refractivity contribution in [1.29, 1.82) is 0 Å². The van der Waals surface area contributed by atoms with E-state index < -0.39 is 38.8 Å². The summed E-state index contributed by atoms with van der Waals surface area (Å²) in [7, 11) is -4.53. The summed E-state index contributed by atoms with van der Waals surface area (Å²) in [5, 5.41) is 27.6. The van der Waals surface area contributed by atoms with Gasteiger partial charge in [-0.1, -0.05) is 0 Å². The van der Waals surface area contributed by atoms with Gasteiger partial charge in [-0.2, -0.15) is 0 Å². The normalized spacial score (nSPS) is 35.6. The molecule has 9 heteroatoms. The molecule has 1 aliphatic rings. The molecule has 1 aliphatic heterocycles. The van der Waals surface area contributed by atoms with Crippen molar-refractivity contribution in [2.45, 2.75) is 30.8 Å². The molecule has 0 radical (unpaired) electrons. The summed E-state index contributed by atoms with van der Waals surface area (Å²) in [6, 6.07) is 0. The molecule has 0 aromatic heterocycles. The maximum Gasteiger partial charge on any atom is 0.469 e. The molecule has 0 saturated carbocycles. The van der Waals surface area contributed by atoms with Gasteiger partial charge in [0.15, 0.2) is 0 Å². The molecule has 16 heavy (non-hydrogen) atoms. The molecule has 0 aromatic carbocycles. The minimum Gasteiger partial charge on any atom is -0.394 e. The number of ether oxygens (including phenoxy) is 1. The van der Waals surface area contributed by atoms with Gasteiger partial charge in [0.25, 0.3) is 0 Å². The molecule has 0 spiro atoms. The van der Waals surface area contributed by atoms with Crippen LogP contribution in [0.15, 0.2) is 0 Å². The summed E-state index contributed by atoms with van der Waals surface area (Å²) >= 11 is 0. The molecule has 0 amide bonds. The third-order valence-electron chi connectivity index (χ3n) is 2.30. The average Bonchev–Trinajstić information content (AvgIpc) is 2.44. The molecule has 96 valence electrons. The van der Waals surface area contributed by atoms with Crippen molar-refractivity contribution in [3.63, 3.8) is 0 Å². The summed E-state index contributed by atoms with van der Waals surface area (Å²) in [6.07, 6.45) is -4.07. The van der Waals surface area contributed by atoms with E-state index in [0.717, 1.165) is 0 Å². The van der Waals surface area contributed by atoms with E-state index in [0.29, 0.717) is 0 Å². The van der Waals surface area contributed by atoms with Gasteiger partial charge in [-0.05, 0) is 0 Å². The van der Waals surface area contributed by atoms with Crippen LogP contribution in [0.3, 0.4) is 0 Å². The number of hydrogen-bond donors (Lipinski definition) is 5. The quantitative estimate of drug-likeness (QED) is 0.356. The highest BCUT2D eigenvalue weighted by Gasteiger charge is 2.41. The first-order valence-electron chi connectivity index (χ1n) is 4.67. The van der Waals surface area contributed by atoms with E-state index >= 15 is 0 Å². The zero-order valence-electron chi connectivity index (χ0n) is 8.34. The molecular formula is C7H15O8P. The lowest BCUT2D eigenvalue weighted by Gasteiger charge is -2.14. The van der Waals surface area contributed by atoms with Crippen molar-refractivity contribution in [2.24, 2.45) is 0 Å². The van der Waals surface area contributed by atoms with Crippen LogP contribution in [-0.2, 0) is 13.8 Å². The predicted octanol–water partition coefficient (Wildman–Crippen LogP) is -2.03. The number of rotatable bonds is 5. The molecule has 0 aliphatic carbocycles. The number of hydrogen-bond acceptors (Lipinski definition) is 6. The molecule has 0 aromatic rings. The smallest absolute Gasteiger partial charge is 0.394 e. The van der Waals surface area contributed by atoms with Gasteiger partial charge < -0.3 is 29.8 Å². The maximum atomic E-state index is 10.4. The Labute approximate surface area is 91.7 Å². The Balaban J connectivity index is 2.36. The monoisotopic (exact) mass is 258 g/mol. The lowest BCUT2D eigenvalue weighted by atomic mass is 10.1. The number of phosphoric acid groups is 1. The van der Waals surface area contributed by atoms with Crippen molar-refractivity contribution in [3.8, 4) is 0 Å². The van der Waals surface area contributed by atoms with Gasteiger partial charge in [-0.25, -0.2) is 4.57 Å². The molecule has 0 unspecified atom stereocenters. The van der Waals surface area contributed by atoms with E-state index in [2.05, 4.69) is 4.52 Å². The fraction of sp³-hybridized carbons (Fsp3) is 1.00. The molecule has 4 atom stereocenters. The van der Waals surface area contributed by atoms with E-state index in [1.165, 1.54) is 0 Å². The van der Waals surface area contributed by atoms with Crippen LogP contribution >= 0.6 is 7.82 Å². The van der Waals surface area contributed by atoms with E-state index in [9.17, 15) is 14.8 Å². The van der Waals surface area contributed by atoms with Gasteiger partial charge in [-0.3, -0.25) is 4.52 Å². The van der Waals surface area contributed by atoms with Crippen LogP contribution in [0.5, 0.6) is 0 Å². The second kappa shape index (κ2) is 5.52. The minimum absolute atomic E-state index is 0.0137. The molecular weight excluding hydrogens is 243 g/mol. The standard InChI is InChI=1S/C7H15O8P/c8-3-5-7(10)6(9)4(15-5)1-2-14-16(11,12)13/h4-10H,1-3H2,(H2,11,12,13)/t4-,5-,6-,7-/m1/s1. The van der Waals surface area contributed by atoms with Crippen molar-refractivity contribution in [1.82, 2.24) is 0 Å². The summed E-state index contributed by atoms with van der Waals surface area (Å²) in [5.74, 6) is 0. The average molecular weight is 258 g/mol. The third-order valence-corrected chi connectivity index (χ3v) is 2.82. The van der Waals surface area contributed by atoms with Gasteiger partial charge in [-0.15, -0.1) is 0 Å². The molecule has 1 heterocycles. The maximum absolute atomic E-state index is 10.4. The van der Waals surface area contributed by atoms with Crippen LogP contribution < -0.4 is 0 Å². The number of aliphatic hydroxyl groups excluding tert-OH is 3. The van der Waals surface area contributed by atoms with Crippen LogP contribution in [0.4, 0.5) is 0 Å². The summed E-state index contributed by atoms with van der Waals surface area (Å²) in [6.45, 7) is -0.745. The van der Waals surface area contributed by atoms with E-state index in [1.807, 2.05) is 0 Å². The largest absolute Gasteiger partial charge is 0.469 e. The molecule has 5 N–H and O–H groups in total. The van der Waals surface area contributed by atoms with Gasteiger partial charge in [0.05, 0.1) is 19.3 Å². The zero-order chi connectivity index (χ0) is 12.3. The third kappa shape index (κ3) is 3.76. The van der Waals surface area contributed by atoms with Gasteiger partial charge in [0.1, 0.15) is 18.3 Å². The lowest BCUT2D eigenvalue weighted by Crippen LogP contribution is -2.34. The Kier molecular flexibility index (Phi) is 4.84. The van der Waals surface area contributed by atoms with Crippen LogP contribution in [0.25, 0.3) is 0 Å². The molecule has 1 saturated heterocycles. The van der Waals surface area contributed by atoms with Crippen LogP contribution in [-0.4, -0.2) is 62.7 Å². The van der Waals surface area contributed by atoms with E-state index in [-0.39, 0.29) is 13.0 Å². The van der Waals surface area contributed by atoms with Crippen molar-refractivity contribution >= 4 is 7.82 Å². The minimum atomic E-state index is -4.53. The summed E-state index contributed by atoms with van der Waals surface area (Å²) in [4.78, 5) is 16.8. The first-order chi connectivity index (χ1) is 7.35. The Bertz CT molecular complexity index is 265. The van der Waals surface area contributed by atoms with Crippen LogP contribution in [0.2, 0.25) is 0 Å². The predicted molar refractivity (Wildman–Crippen MR) is 50.4 cm³/mol. The highest BCUT2D eigenvalue weighted by molar-refractivity contribution is 7.46. The second-order valence-corrected chi connectivity index (χ2v) is 4.73. The Morgan fingerprint density at radius 1 is 1.19 bits per heavy atom. The van der Waals surface area contributed by atoms with Gasteiger partial charge in [0.2, 0.25) is 0 Å². The fourth-order valence-electron chi connectivity index (χ4n) is 1.50. The van der Waals surface area contributed by atoms with Crippen molar-refractivity contribution in [3.05, 3.63) is 0 Å². The SMILES string of the molecule is O=P(O)(O)OCC[C@H]1O[C@H](CO)[C@@H](O)[C@@H]1O. The zero-order valence-corrected chi connectivity index (χ0v) is 9.23. The Hall–Kier alpha value is -0.0500. The molecule has 0 bridgehead atoms. The summed E-state index contributed by atoms with van der Waals surface area (Å²) < 4.78 is 19.6. The number of aliphatic hydroxyl groups is 3. The molecule has 1 fully saturated rings. The molecule has 8 nitrogen and oxygen atoms in total. The van der Waals surface area contributed by atoms with Gasteiger partial charge in [0, 0.05) is 6.42 Å². The first-order valence-corrected chi connectivity index (χ1v) is 6.20. The van der Waals surface area contributed by atoms with Crippen LogP contribution in [0.1, 0.15) is 6.42 Å². The fourth-order valence-corrected chi connectivity index (χ4v) is 1.85. The Morgan fingerprint density at radius 2 is 1.75 bits per heavy atom. The first kappa shape index (κ1) is 14.0. The highest BCUT2D eigenvalue weighted by atomic mass is 31.2. The number of phosphoric ester groups is 1. The highest BCUT2D eigenvalue weighted by Crippen LogP contribution is 2.36. The van der Waals surface area contributed by atoms with Gasteiger partial charge >= 0.3 is 7.82 Å².